The van der Waals surface area contributed by atoms with Crippen LogP contribution in [-0.2, 0) is 96.3 Å². The first-order chi connectivity index (χ1) is 51.4. The number of aryl methyl sites for hydroxylation is 3. The summed E-state index contributed by atoms with van der Waals surface area (Å²) in [6, 6.07) is -4.32. The summed E-state index contributed by atoms with van der Waals surface area (Å²) in [4.78, 5) is 58.0. The smallest absolute Gasteiger partial charge is 0.320 e. The number of carboxylic acids is 1. The Kier molecular flexibility index (Phi) is 34.9. The van der Waals surface area contributed by atoms with Crippen molar-refractivity contribution in [2.45, 2.75) is 273 Å². The molecule has 18 N–H and O–H groups in total. The average molecular weight is 1530 g/mol. The Bertz CT molecular complexity index is 3130. The molecule has 0 aliphatic carbocycles. The van der Waals surface area contributed by atoms with Crippen LogP contribution in [0.1, 0.15) is 122 Å². The largest absolute Gasteiger partial charge is 0.480 e. The van der Waals surface area contributed by atoms with Crippen LogP contribution in [0.15, 0.2) is 33.8 Å². The van der Waals surface area contributed by atoms with Crippen LogP contribution in [0.5, 0.6) is 0 Å². The molecule has 4 fully saturated rings. The van der Waals surface area contributed by atoms with Gasteiger partial charge in [0.1, 0.15) is 104 Å². The third kappa shape index (κ3) is 25.6. The molecule has 5 aliphatic rings. The van der Waals surface area contributed by atoms with Gasteiger partial charge in [-0.3, -0.25) is 33.7 Å². The number of rotatable bonds is 46. The fourth-order valence-corrected chi connectivity index (χ4v) is 13.3. The molecule has 8 heterocycles. The lowest BCUT2D eigenvalue weighted by Crippen LogP contribution is -2.64. The number of azo groups is 1. The van der Waals surface area contributed by atoms with Crippen molar-refractivity contribution in [1.82, 2.24) is 61.4 Å². The first kappa shape index (κ1) is 86.3. The predicted molar refractivity (Wildman–Crippen MR) is 362 cm³/mol. The number of aliphatic imine (C=N–C) groups is 1. The van der Waals surface area contributed by atoms with Crippen molar-refractivity contribution in [3.8, 4) is 0 Å². The van der Waals surface area contributed by atoms with Crippen LogP contribution < -0.4 is 25.3 Å². The van der Waals surface area contributed by atoms with Gasteiger partial charge in [0.25, 0.3) is 0 Å². The zero-order valence-electron chi connectivity index (χ0n) is 60.8. The Morgan fingerprint density at radius 2 is 0.991 bits per heavy atom. The van der Waals surface area contributed by atoms with Crippen molar-refractivity contribution in [2.24, 2.45) is 21.1 Å². The number of hydrogen-bond donors (Lipinski definition) is 18. The lowest BCUT2D eigenvalue weighted by molar-refractivity contribution is -0.754. The number of carbonyl (C=O) groups is 4. The van der Waals surface area contributed by atoms with Gasteiger partial charge in [0.05, 0.1) is 57.9 Å². The van der Waals surface area contributed by atoms with Gasteiger partial charge in [-0.2, -0.15) is 14.5 Å². The molecule has 3 aromatic rings. The van der Waals surface area contributed by atoms with Gasteiger partial charge in [-0.1, -0.05) is 29.0 Å². The minimum absolute atomic E-state index is 0.00363. The Hall–Kier alpha value is -6.31. The summed E-state index contributed by atoms with van der Waals surface area (Å²) in [6.07, 6.45) is -8.94. The van der Waals surface area contributed by atoms with Crippen LogP contribution in [0.3, 0.4) is 0 Å². The molecule has 42 heteroatoms. The summed E-state index contributed by atoms with van der Waals surface area (Å²) in [5, 5.41) is 174. The zero-order chi connectivity index (χ0) is 77.3. The lowest BCUT2D eigenvalue weighted by Gasteiger charge is -2.42. The second-order valence-corrected chi connectivity index (χ2v) is 27.7. The van der Waals surface area contributed by atoms with E-state index >= 15 is 0 Å². The van der Waals surface area contributed by atoms with Crippen LogP contribution in [0, 0.1) is 5.92 Å². The molecule has 8 rings (SSSR count). The Labute approximate surface area is 617 Å². The van der Waals surface area contributed by atoms with Gasteiger partial charge in [0.2, 0.25) is 29.1 Å². The number of aromatic nitrogens is 9. The molecule has 0 saturated carbocycles. The summed E-state index contributed by atoms with van der Waals surface area (Å²) < 4.78 is 51.6. The molecule has 2 unspecified atom stereocenters. The maximum Gasteiger partial charge on any atom is 0.320 e. The third-order valence-electron chi connectivity index (χ3n) is 19.1. The Morgan fingerprint density at radius 3 is 1.47 bits per heavy atom. The number of aliphatic hydroxyl groups excluding tert-OH is 12. The third-order valence-corrected chi connectivity index (χ3v) is 19.1. The van der Waals surface area contributed by atoms with Gasteiger partial charge in [-0.05, 0) is 77.2 Å². The Balaban J connectivity index is 0.904. The first-order valence-corrected chi connectivity index (χ1v) is 36.6. The van der Waals surface area contributed by atoms with Crippen LogP contribution in [0.2, 0.25) is 0 Å². The highest BCUT2D eigenvalue weighted by Crippen LogP contribution is 2.29. The molecule has 0 aromatic carbocycles. The minimum atomic E-state index is -1.46. The van der Waals surface area contributed by atoms with E-state index in [4.69, 9.17) is 42.9 Å². The number of nitrogens with zero attached hydrogens (tertiary/aromatic N) is 12. The van der Waals surface area contributed by atoms with Gasteiger partial charge in [-0.15, -0.1) is 10.2 Å². The molecule has 3 aromatic heterocycles. The highest BCUT2D eigenvalue weighted by Gasteiger charge is 2.49. The maximum absolute atomic E-state index is 13.6. The first-order valence-electron chi connectivity index (χ1n) is 36.6. The van der Waals surface area contributed by atoms with Crippen LogP contribution >= 0.6 is 0 Å². The minimum Gasteiger partial charge on any atom is -0.480 e. The molecule has 0 bridgehead atoms. The topological polar surface area (TPSA) is 581 Å². The van der Waals surface area contributed by atoms with E-state index in [0.29, 0.717) is 133 Å². The molecule has 22 atom stereocenters. The molecular weight excluding hydrogens is 1420 g/mol. The summed E-state index contributed by atoms with van der Waals surface area (Å²) >= 11 is 0. The number of ether oxygens (including phenoxy) is 8. The maximum atomic E-state index is 13.6. The summed E-state index contributed by atoms with van der Waals surface area (Å²) in [5.74, 6) is -2.76. The number of carboxylic acid groups (broad SMARTS) is 1. The number of aliphatic hydroxyl groups is 12. The summed E-state index contributed by atoms with van der Waals surface area (Å²) in [5.41, 5.74) is 1.80. The molecule has 0 radical (unpaired) electrons. The summed E-state index contributed by atoms with van der Waals surface area (Å²) in [6.45, 7) is 6.34. The van der Waals surface area contributed by atoms with Crippen LogP contribution in [0.4, 0.5) is 0 Å². The molecule has 4 saturated heterocycles. The lowest BCUT2D eigenvalue weighted by atomic mass is 9.92. The molecule has 3 amide bonds. The van der Waals surface area contributed by atoms with E-state index in [1.165, 1.54) is 20.8 Å². The average Bonchev–Trinajstić information content (AvgIpc) is 1.44. The number of amidine groups is 1. The highest BCUT2D eigenvalue weighted by atomic mass is 16.7. The van der Waals surface area contributed by atoms with Gasteiger partial charge in [0.15, 0.2) is 49.6 Å². The molecule has 107 heavy (non-hydrogen) atoms. The van der Waals surface area contributed by atoms with Gasteiger partial charge in [0, 0.05) is 82.6 Å². The standard InChI is InChI=1S/C65H109N17O25/c1-36-53(90)54(91)44(32-83)104-62(36)100-21-11-6-16-48-69-49(74-73-48)31-79(27-42-30-82(77-72-42)20-10-14-24-103-65-52(68-39(4)89)60(97)57(94)47(35-86)107-65)43(61(98)99)15-5-7-17-78(25-40-28-80(75-70-40)18-8-12-22-101-63-50(66-37(2)87)58(95)55(92)45(33-84)105-63)26-41-29-81(76-71-41)19-9-13-23-102-64-51(67-38(3)88)59(96)56(93)46(34-85)106-64/h28-30,36,43-48,50-60,62-65,83-86,90-97H,5-27,31-35H2,1-4H3,(H4,66,67,68,87,88,89,98,99)/p+2/t36-,43?,44-,45-,46-,47-,48?,50-,51-,52-,53-,54+,55+,56+,57+,58-,59-,60-,62-,63-,64-,65-/m1/s1. The van der Waals surface area contributed by atoms with E-state index in [0.717, 1.165) is 0 Å². The van der Waals surface area contributed by atoms with Gasteiger partial charge in [-0.25, -0.2) is 4.99 Å². The number of amides is 3. The van der Waals surface area contributed by atoms with E-state index in [9.17, 15) is 85.6 Å². The second kappa shape index (κ2) is 43.3. The van der Waals surface area contributed by atoms with E-state index in [-0.39, 0.29) is 45.9 Å². The van der Waals surface area contributed by atoms with Gasteiger partial charge >= 0.3 is 5.97 Å². The van der Waals surface area contributed by atoms with Crippen molar-refractivity contribution in [1.29, 1.82) is 0 Å². The van der Waals surface area contributed by atoms with E-state index in [1.54, 1.807) is 32.1 Å². The molecule has 0 spiro atoms. The van der Waals surface area contributed by atoms with E-state index in [2.05, 4.69) is 62.0 Å². The molecular formula is C65H111N17O25+2. The SMILES string of the molecule is CC(=O)N[C@H]1[C@H](OCCCCn2cc(CN(CCCCC(C(=O)O)N(CC3=NC(CCCCO[C@@H]4O[C@H](CO)[C@H](O)[C@H](O)[C@H]4C)N=N3)Cc3c[n+](CCCCO[C@@H]4O[C@H](CO)[C@H](O)[C@H](O)[C@H]4NC(C)=O)[nH]n3)Cc3c[n+](CCCCO[C@@H]4O[C@H](CO)[C@H](O)[C@H](O)[C@H]4NC(C)=O)[nH]n3)nn2)O[C@H](CO)[C@H](O)[C@@H]1O. The number of H-pyrrole nitrogens is 2. The van der Waals surface area contributed by atoms with Crippen molar-refractivity contribution < 1.29 is 133 Å². The fourth-order valence-electron chi connectivity index (χ4n) is 13.3. The predicted octanol–water partition coefficient (Wildman–Crippen LogP) is -6.90. The number of hydrogen-bond acceptors (Lipinski definition) is 33. The summed E-state index contributed by atoms with van der Waals surface area (Å²) in [7, 11) is 0. The highest BCUT2D eigenvalue weighted by molar-refractivity contribution is 5.86. The molecule has 604 valence electrons. The molecule has 5 aliphatic heterocycles. The number of unbranched alkanes of at least 4 members (excludes halogenated alkanes) is 5. The monoisotopic (exact) mass is 1530 g/mol. The quantitative estimate of drug-likeness (QED) is 0.0185. The van der Waals surface area contributed by atoms with Crippen molar-refractivity contribution >= 4 is 29.5 Å². The van der Waals surface area contributed by atoms with Crippen LogP contribution in [0.25, 0.3) is 0 Å². The normalized spacial score (nSPS) is 30.6. The van der Waals surface area contributed by atoms with E-state index < -0.39 is 185 Å². The number of aromatic amines is 2. The van der Waals surface area contributed by atoms with Crippen LogP contribution in [-0.4, -0.2) is 336 Å². The van der Waals surface area contributed by atoms with E-state index in [1.807, 2.05) is 12.4 Å². The fraction of sp³-hybridized carbons (Fsp3) is 0.831. The second-order valence-electron chi connectivity index (χ2n) is 27.7. The number of nitrogens with one attached hydrogen (secondary N) is 5. The Morgan fingerprint density at radius 1 is 0.551 bits per heavy atom. The number of carbonyl (C=O) groups excluding carboxylic acids is 3. The zero-order valence-corrected chi connectivity index (χ0v) is 60.8. The van der Waals surface area contributed by atoms with Crippen molar-refractivity contribution in [3.63, 3.8) is 0 Å². The van der Waals surface area contributed by atoms with Gasteiger partial charge < -0.3 is 120 Å². The van der Waals surface area contributed by atoms with Crippen molar-refractivity contribution in [3.05, 3.63) is 35.7 Å². The number of aliphatic carboxylic acids is 1. The van der Waals surface area contributed by atoms with Crippen molar-refractivity contribution in [2.75, 3.05) is 65.9 Å². The molecule has 42 nitrogen and oxygen atoms in total.